The number of carbonyl (C=O) groups excluding carboxylic acids is 1. The van der Waals surface area contributed by atoms with E-state index in [1.165, 1.54) is 6.07 Å². The van der Waals surface area contributed by atoms with Crippen LogP contribution in [0, 0.1) is 6.92 Å². The van der Waals surface area contributed by atoms with Crippen molar-refractivity contribution < 1.29 is 19.4 Å². The van der Waals surface area contributed by atoms with Gasteiger partial charge in [-0.2, -0.15) is 0 Å². The van der Waals surface area contributed by atoms with E-state index in [0.717, 1.165) is 11.3 Å². The molecular weight excluding hydrogens is 306 g/mol. The van der Waals surface area contributed by atoms with Crippen molar-refractivity contribution in [3.63, 3.8) is 0 Å². The molecule has 24 heavy (non-hydrogen) atoms. The van der Waals surface area contributed by atoms with Crippen molar-refractivity contribution in [3.8, 4) is 5.75 Å². The summed E-state index contributed by atoms with van der Waals surface area (Å²) in [5, 5.41) is 11.9. The molecular formula is C19H21NO4. The summed E-state index contributed by atoms with van der Waals surface area (Å²) >= 11 is 0. The van der Waals surface area contributed by atoms with Crippen LogP contribution >= 0.6 is 0 Å². The van der Waals surface area contributed by atoms with E-state index in [1.807, 2.05) is 38.1 Å². The Kier molecular flexibility index (Phi) is 4.93. The van der Waals surface area contributed by atoms with Gasteiger partial charge in [-0.3, -0.25) is 4.79 Å². The Bertz CT molecular complexity index is 763. The van der Waals surface area contributed by atoms with Crippen LogP contribution in [0.3, 0.4) is 0 Å². The van der Waals surface area contributed by atoms with Crippen molar-refractivity contribution in [1.29, 1.82) is 0 Å². The van der Waals surface area contributed by atoms with Crippen LogP contribution in [0.1, 0.15) is 35.3 Å². The third-order valence-electron chi connectivity index (χ3n) is 4.09. The molecule has 5 nitrogen and oxygen atoms in total. The van der Waals surface area contributed by atoms with E-state index in [1.54, 1.807) is 26.2 Å². The summed E-state index contributed by atoms with van der Waals surface area (Å²) in [5.41, 5.74) is 1.51. The Hall–Kier alpha value is -2.82. The summed E-state index contributed by atoms with van der Waals surface area (Å²) in [6, 6.07) is 12.1. The van der Waals surface area contributed by atoms with E-state index >= 15 is 0 Å². The van der Waals surface area contributed by atoms with Crippen LogP contribution in [-0.4, -0.2) is 24.1 Å². The summed E-state index contributed by atoms with van der Waals surface area (Å²) in [6.07, 6.45) is 0. The number of carboxylic acid groups (broad SMARTS) is 1. The fourth-order valence-electron chi connectivity index (χ4n) is 2.41. The van der Waals surface area contributed by atoms with Gasteiger partial charge in [-0.05, 0) is 62.2 Å². The molecule has 0 aliphatic rings. The Labute approximate surface area is 141 Å². The van der Waals surface area contributed by atoms with Crippen molar-refractivity contribution in [2.75, 3.05) is 12.4 Å². The maximum absolute atomic E-state index is 12.7. The van der Waals surface area contributed by atoms with Gasteiger partial charge in [-0.25, -0.2) is 4.79 Å². The van der Waals surface area contributed by atoms with E-state index in [9.17, 15) is 9.59 Å². The minimum Gasteiger partial charge on any atom is -0.497 e. The zero-order chi connectivity index (χ0) is 17.9. The number of carbonyl (C=O) groups is 2. The molecule has 0 bridgehead atoms. The number of aryl methyl sites for hydroxylation is 1. The molecule has 0 atom stereocenters. The van der Waals surface area contributed by atoms with Crippen LogP contribution in [0.2, 0.25) is 0 Å². The highest BCUT2D eigenvalue weighted by Gasteiger charge is 2.30. The maximum atomic E-state index is 12.7. The predicted molar refractivity (Wildman–Crippen MR) is 92.8 cm³/mol. The van der Waals surface area contributed by atoms with E-state index in [4.69, 9.17) is 9.84 Å². The SMILES string of the molecule is COc1ccc(C(C)(C)C(=O)Nc2ccc(C(=O)O)c(C)c2)cc1. The van der Waals surface area contributed by atoms with Crippen LogP contribution in [0.25, 0.3) is 0 Å². The summed E-state index contributed by atoms with van der Waals surface area (Å²) in [7, 11) is 1.59. The molecule has 5 heteroatoms. The number of methoxy groups -OCH3 is 1. The first-order valence-corrected chi connectivity index (χ1v) is 7.55. The fraction of sp³-hybridized carbons (Fsp3) is 0.263. The second-order valence-corrected chi connectivity index (χ2v) is 6.14. The number of hydrogen-bond donors (Lipinski definition) is 2. The summed E-state index contributed by atoms with van der Waals surface area (Å²) in [5.74, 6) is -0.422. The first-order chi connectivity index (χ1) is 11.3. The smallest absolute Gasteiger partial charge is 0.335 e. The quantitative estimate of drug-likeness (QED) is 0.879. The van der Waals surface area contributed by atoms with Gasteiger partial charge in [0.2, 0.25) is 5.91 Å². The van der Waals surface area contributed by atoms with Gasteiger partial charge in [-0.1, -0.05) is 12.1 Å². The predicted octanol–water partition coefficient (Wildman–Crippen LogP) is 3.62. The van der Waals surface area contributed by atoms with E-state index < -0.39 is 11.4 Å². The normalized spacial score (nSPS) is 11.0. The number of carboxylic acids is 1. The Morgan fingerprint density at radius 2 is 1.71 bits per heavy atom. The number of amides is 1. The average molecular weight is 327 g/mol. The molecule has 0 unspecified atom stereocenters. The van der Waals surface area contributed by atoms with Crippen LogP contribution < -0.4 is 10.1 Å². The number of anilines is 1. The number of benzene rings is 2. The lowest BCUT2D eigenvalue weighted by molar-refractivity contribution is -0.120. The number of hydrogen-bond acceptors (Lipinski definition) is 3. The summed E-state index contributed by atoms with van der Waals surface area (Å²) < 4.78 is 5.13. The van der Waals surface area contributed by atoms with E-state index in [0.29, 0.717) is 11.3 Å². The molecule has 0 spiro atoms. The third kappa shape index (κ3) is 3.56. The van der Waals surface area contributed by atoms with Gasteiger partial charge in [-0.15, -0.1) is 0 Å². The second-order valence-electron chi connectivity index (χ2n) is 6.14. The van der Waals surface area contributed by atoms with Crippen molar-refractivity contribution in [2.45, 2.75) is 26.2 Å². The molecule has 0 saturated heterocycles. The fourth-order valence-corrected chi connectivity index (χ4v) is 2.41. The van der Waals surface area contributed by atoms with Gasteiger partial charge in [0.25, 0.3) is 0 Å². The molecule has 1 amide bonds. The van der Waals surface area contributed by atoms with E-state index in [-0.39, 0.29) is 11.5 Å². The monoisotopic (exact) mass is 327 g/mol. The lowest BCUT2D eigenvalue weighted by atomic mass is 9.83. The van der Waals surface area contributed by atoms with E-state index in [2.05, 4.69) is 5.32 Å². The highest BCUT2D eigenvalue weighted by atomic mass is 16.5. The third-order valence-corrected chi connectivity index (χ3v) is 4.09. The maximum Gasteiger partial charge on any atom is 0.335 e. The molecule has 2 aromatic rings. The van der Waals surface area contributed by atoms with Crippen molar-refractivity contribution >= 4 is 17.6 Å². The molecule has 2 rings (SSSR count). The molecule has 2 N–H and O–H groups in total. The Morgan fingerprint density at radius 1 is 1.08 bits per heavy atom. The topological polar surface area (TPSA) is 75.6 Å². The molecule has 0 heterocycles. The van der Waals surface area contributed by atoms with Gasteiger partial charge < -0.3 is 15.2 Å². The van der Waals surface area contributed by atoms with Gasteiger partial charge in [0.05, 0.1) is 18.1 Å². The lowest BCUT2D eigenvalue weighted by Gasteiger charge is -2.24. The molecule has 0 radical (unpaired) electrons. The average Bonchev–Trinajstić information content (AvgIpc) is 2.54. The second kappa shape index (κ2) is 6.74. The van der Waals surface area contributed by atoms with Crippen LogP contribution in [0.4, 0.5) is 5.69 Å². The molecule has 0 aromatic heterocycles. The number of nitrogens with one attached hydrogen (secondary N) is 1. The number of rotatable bonds is 5. The van der Waals surface area contributed by atoms with Crippen LogP contribution in [0.15, 0.2) is 42.5 Å². The lowest BCUT2D eigenvalue weighted by Crippen LogP contribution is -2.34. The van der Waals surface area contributed by atoms with Crippen molar-refractivity contribution in [1.82, 2.24) is 0 Å². The first kappa shape index (κ1) is 17.5. The molecule has 0 saturated carbocycles. The minimum atomic E-state index is -0.982. The summed E-state index contributed by atoms with van der Waals surface area (Å²) in [6.45, 7) is 5.37. The van der Waals surface area contributed by atoms with Gasteiger partial charge >= 0.3 is 5.97 Å². The standard InChI is InChI=1S/C19H21NO4/c1-12-11-14(7-10-16(12)17(21)22)20-18(23)19(2,3)13-5-8-15(24-4)9-6-13/h5-11H,1-4H3,(H,20,23)(H,21,22). The van der Waals surface area contributed by atoms with Crippen LogP contribution in [0.5, 0.6) is 5.75 Å². The van der Waals surface area contributed by atoms with Gasteiger partial charge in [0.15, 0.2) is 0 Å². The minimum absolute atomic E-state index is 0.171. The van der Waals surface area contributed by atoms with Gasteiger partial charge in [0, 0.05) is 5.69 Å². The number of ether oxygens (including phenoxy) is 1. The first-order valence-electron chi connectivity index (χ1n) is 7.55. The zero-order valence-electron chi connectivity index (χ0n) is 14.2. The van der Waals surface area contributed by atoms with Gasteiger partial charge in [0.1, 0.15) is 5.75 Å². The Morgan fingerprint density at radius 3 is 2.21 bits per heavy atom. The summed E-state index contributed by atoms with van der Waals surface area (Å²) in [4.78, 5) is 23.7. The van der Waals surface area contributed by atoms with Crippen molar-refractivity contribution in [2.24, 2.45) is 0 Å². The van der Waals surface area contributed by atoms with Crippen LogP contribution in [-0.2, 0) is 10.2 Å². The highest BCUT2D eigenvalue weighted by Crippen LogP contribution is 2.27. The highest BCUT2D eigenvalue weighted by molar-refractivity contribution is 5.99. The van der Waals surface area contributed by atoms with Crippen molar-refractivity contribution in [3.05, 3.63) is 59.2 Å². The number of aromatic carboxylic acids is 1. The zero-order valence-corrected chi connectivity index (χ0v) is 14.2. The molecule has 0 fully saturated rings. The molecule has 2 aromatic carbocycles. The molecule has 0 aliphatic heterocycles. The molecule has 0 aliphatic carbocycles. The molecule has 126 valence electrons. The largest absolute Gasteiger partial charge is 0.497 e. The Balaban J connectivity index is 2.21.